The molecule has 6 rings (SSSR count). The summed E-state index contributed by atoms with van der Waals surface area (Å²) in [5.74, 6) is 8.14. The first-order chi connectivity index (χ1) is 19.9. The third-order valence-corrected chi connectivity index (χ3v) is 7.87. The van der Waals surface area contributed by atoms with Gasteiger partial charge in [0.1, 0.15) is 30.0 Å². The predicted molar refractivity (Wildman–Crippen MR) is 153 cm³/mol. The van der Waals surface area contributed by atoms with Gasteiger partial charge in [-0.1, -0.05) is 47.3 Å². The van der Waals surface area contributed by atoms with E-state index in [1.54, 1.807) is 22.5 Å². The maximum Gasteiger partial charge on any atom is 0.219 e. The Morgan fingerprint density at radius 1 is 1.02 bits per heavy atom. The average molecular weight is 571 g/mol. The van der Waals surface area contributed by atoms with Crippen molar-refractivity contribution < 1.29 is 19.5 Å². The molecule has 13 heteroatoms. The predicted octanol–water partition coefficient (Wildman–Crippen LogP) is 2.30. The largest absolute Gasteiger partial charge is 0.387 e. The van der Waals surface area contributed by atoms with Crippen molar-refractivity contribution in [3.8, 4) is 23.2 Å². The molecular weight excluding hydrogens is 544 g/mol. The van der Waals surface area contributed by atoms with Crippen molar-refractivity contribution in [2.75, 3.05) is 17.2 Å². The lowest BCUT2D eigenvalue weighted by atomic mass is 10.1. The minimum Gasteiger partial charge on any atom is -0.387 e. The molecule has 1 fully saturated rings. The molecule has 6 N–H and O–H groups in total. The number of fused-ring (bicyclic) bond motifs is 1. The van der Waals surface area contributed by atoms with Gasteiger partial charge in [0, 0.05) is 41.2 Å². The molecule has 0 bridgehead atoms. The number of nitrogen functional groups attached to an aromatic ring is 2. The number of aliphatic hydroxyl groups excluding tert-OH is 2. The Hall–Kier alpha value is -4.48. The van der Waals surface area contributed by atoms with Gasteiger partial charge in [-0.15, -0.1) is 0 Å². The number of aromatic nitrogens is 6. The Morgan fingerprint density at radius 2 is 1.80 bits per heavy atom. The minimum atomic E-state index is -1.21. The lowest BCUT2D eigenvalue weighted by molar-refractivity contribution is -0.0285. The Kier molecular flexibility index (Phi) is 7.29. The first-order valence-electron chi connectivity index (χ1n) is 12.7. The number of hydrogen-bond donors (Lipinski definition) is 4. The molecule has 1 saturated heterocycles. The quantitative estimate of drug-likeness (QED) is 0.219. The zero-order valence-corrected chi connectivity index (χ0v) is 22.7. The van der Waals surface area contributed by atoms with E-state index in [0.717, 1.165) is 22.6 Å². The summed E-state index contributed by atoms with van der Waals surface area (Å²) in [6.07, 6.45) is 2.15. The molecular formula is C28H26N8O4S. The number of ether oxygens (including phenoxy) is 1. The molecule has 12 nitrogen and oxygen atoms in total. The van der Waals surface area contributed by atoms with Crippen LogP contribution >= 0.6 is 11.8 Å². The molecule has 0 amide bonds. The van der Waals surface area contributed by atoms with Gasteiger partial charge in [0.15, 0.2) is 12.0 Å². The summed E-state index contributed by atoms with van der Waals surface area (Å²) in [7, 11) is 0. The summed E-state index contributed by atoms with van der Waals surface area (Å²) in [5.41, 5.74) is 16.0. The molecule has 4 aromatic heterocycles. The molecule has 0 aliphatic carbocycles. The molecule has 1 aliphatic rings. The molecule has 5 heterocycles. The van der Waals surface area contributed by atoms with Crippen LogP contribution in [0.25, 0.3) is 22.4 Å². The summed E-state index contributed by atoms with van der Waals surface area (Å²) in [5, 5.41) is 26.6. The first kappa shape index (κ1) is 26.7. The highest BCUT2D eigenvalue weighted by molar-refractivity contribution is 7.98. The smallest absolute Gasteiger partial charge is 0.219 e. The fraction of sp³-hybridized carbons (Fsp3) is 0.250. The molecule has 5 aromatic rings. The van der Waals surface area contributed by atoms with Gasteiger partial charge in [-0.05, 0) is 6.92 Å². The van der Waals surface area contributed by atoms with Crippen LogP contribution in [0.4, 0.5) is 11.8 Å². The maximum atomic E-state index is 11.0. The van der Waals surface area contributed by atoms with Gasteiger partial charge >= 0.3 is 0 Å². The van der Waals surface area contributed by atoms with E-state index in [1.807, 2.05) is 37.3 Å². The summed E-state index contributed by atoms with van der Waals surface area (Å²) in [4.78, 5) is 16.4. The second kappa shape index (κ2) is 11.2. The zero-order valence-electron chi connectivity index (χ0n) is 21.9. The van der Waals surface area contributed by atoms with Crippen LogP contribution < -0.4 is 11.5 Å². The average Bonchev–Trinajstić information content (AvgIpc) is 3.63. The number of benzene rings is 1. The van der Waals surface area contributed by atoms with Crippen LogP contribution in [0.3, 0.4) is 0 Å². The van der Waals surface area contributed by atoms with Crippen molar-refractivity contribution in [1.82, 2.24) is 29.7 Å². The van der Waals surface area contributed by atoms with Crippen LogP contribution in [0.2, 0.25) is 0 Å². The fourth-order valence-electron chi connectivity index (χ4n) is 4.69. The van der Waals surface area contributed by atoms with Gasteiger partial charge < -0.3 is 35.5 Å². The molecule has 208 valence electrons. The van der Waals surface area contributed by atoms with E-state index < -0.39 is 24.5 Å². The van der Waals surface area contributed by atoms with Crippen molar-refractivity contribution in [3.63, 3.8) is 0 Å². The number of nitrogens with zero attached hydrogens (tertiary/aromatic N) is 6. The highest BCUT2D eigenvalue weighted by Gasteiger charge is 2.44. The molecule has 4 atom stereocenters. The minimum absolute atomic E-state index is 0.150. The molecule has 1 aromatic carbocycles. The number of nitrogens with two attached hydrogens (primary N) is 2. The lowest BCUT2D eigenvalue weighted by Gasteiger charge is -2.17. The topological polar surface area (TPSA) is 184 Å². The van der Waals surface area contributed by atoms with E-state index in [1.165, 1.54) is 18.7 Å². The monoisotopic (exact) mass is 570 g/mol. The fourth-order valence-corrected chi connectivity index (χ4v) is 5.86. The second-order valence-corrected chi connectivity index (χ2v) is 10.5. The van der Waals surface area contributed by atoms with Gasteiger partial charge in [-0.2, -0.15) is 11.8 Å². The summed E-state index contributed by atoms with van der Waals surface area (Å²) in [6.45, 7) is 1.90. The van der Waals surface area contributed by atoms with E-state index in [-0.39, 0.29) is 11.8 Å². The molecule has 0 saturated carbocycles. The number of aryl methyl sites for hydroxylation is 1. The van der Waals surface area contributed by atoms with Gasteiger partial charge in [0.2, 0.25) is 5.95 Å². The number of rotatable bonds is 6. The zero-order chi connectivity index (χ0) is 28.5. The summed E-state index contributed by atoms with van der Waals surface area (Å²) >= 11 is 1.56. The SMILES string of the molecule is Cc1noc(-c2ccccc2)c1CSC[C@H]1O[C@@H](n2cc(C#Cc3cnc(N)nc3)c3c(N)ncnc32)[C@H](O)[C@@H]1O. The van der Waals surface area contributed by atoms with Crippen LogP contribution in [0.1, 0.15) is 28.6 Å². The standard InChI is InChI=1S/C28H26N8O4S/c1-15-19(24(40-35-15)17-5-3-2-4-6-17)12-41-13-20-22(37)23(38)27(39-20)36-11-18(21-25(29)33-14-34-26(21)36)8-7-16-9-31-28(30)32-10-16/h2-6,9-11,14,20,22-23,27,37-38H,12-13H2,1H3,(H2,29,33,34)(H2,30,31,32)/t20-,22-,23-,27-/m1/s1. The summed E-state index contributed by atoms with van der Waals surface area (Å²) in [6, 6.07) is 9.78. The van der Waals surface area contributed by atoms with Crippen LogP contribution in [-0.4, -0.2) is 63.9 Å². The highest BCUT2D eigenvalue weighted by Crippen LogP contribution is 2.36. The van der Waals surface area contributed by atoms with E-state index >= 15 is 0 Å². The molecule has 0 radical (unpaired) electrons. The van der Waals surface area contributed by atoms with Crippen molar-refractivity contribution in [1.29, 1.82) is 0 Å². The van der Waals surface area contributed by atoms with Gasteiger partial charge in [0.25, 0.3) is 0 Å². The van der Waals surface area contributed by atoms with Crippen LogP contribution in [0.15, 0.2) is 59.8 Å². The number of anilines is 2. The molecule has 1 aliphatic heterocycles. The molecule has 0 unspecified atom stereocenters. The third kappa shape index (κ3) is 5.21. The number of thioether (sulfide) groups is 1. The summed E-state index contributed by atoms with van der Waals surface area (Å²) < 4.78 is 13.4. The highest BCUT2D eigenvalue weighted by atomic mass is 32.2. The normalized spacial score (nSPS) is 20.3. The van der Waals surface area contributed by atoms with E-state index in [4.69, 9.17) is 20.7 Å². The van der Waals surface area contributed by atoms with Crippen LogP contribution in [-0.2, 0) is 10.5 Å². The Morgan fingerprint density at radius 3 is 2.59 bits per heavy atom. The van der Waals surface area contributed by atoms with Gasteiger partial charge in [0.05, 0.1) is 28.3 Å². The van der Waals surface area contributed by atoms with Crippen molar-refractivity contribution in [2.24, 2.45) is 0 Å². The maximum absolute atomic E-state index is 11.0. The van der Waals surface area contributed by atoms with Crippen molar-refractivity contribution in [2.45, 2.75) is 37.2 Å². The van der Waals surface area contributed by atoms with Gasteiger partial charge in [-0.25, -0.2) is 19.9 Å². The Bertz CT molecular complexity index is 1750. The first-order valence-corrected chi connectivity index (χ1v) is 13.9. The van der Waals surface area contributed by atoms with Crippen molar-refractivity contribution >= 4 is 34.6 Å². The van der Waals surface area contributed by atoms with Crippen LogP contribution in [0, 0.1) is 18.8 Å². The van der Waals surface area contributed by atoms with E-state index in [9.17, 15) is 10.2 Å². The Balaban J connectivity index is 1.22. The number of hydrogen-bond acceptors (Lipinski definition) is 12. The van der Waals surface area contributed by atoms with Gasteiger partial charge in [-0.3, -0.25) is 0 Å². The van der Waals surface area contributed by atoms with E-state index in [0.29, 0.717) is 33.7 Å². The number of aliphatic hydroxyl groups is 2. The van der Waals surface area contributed by atoms with Crippen molar-refractivity contribution in [3.05, 3.63) is 77.6 Å². The van der Waals surface area contributed by atoms with Crippen LogP contribution in [0.5, 0.6) is 0 Å². The molecule has 0 spiro atoms. The third-order valence-electron chi connectivity index (χ3n) is 6.81. The lowest BCUT2D eigenvalue weighted by Crippen LogP contribution is -2.32. The Labute approximate surface area is 238 Å². The van der Waals surface area contributed by atoms with E-state index in [2.05, 4.69) is 36.9 Å². The second-order valence-electron chi connectivity index (χ2n) is 9.49. The molecule has 41 heavy (non-hydrogen) atoms.